The number of esters is 1. The molecule has 0 bridgehead atoms. The summed E-state index contributed by atoms with van der Waals surface area (Å²) in [5, 5.41) is 5.44. The van der Waals surface area contributed by atoms with E-state index in [1.165, 1.54) is 11.8 Å². The molecular weight excluding hydrogens is 518 g/mol. The van der Waals surface area contributed by atoms with Crippen LogP contribution in [0, 0.1) is 0 Å². The first-order chi connectivity index (χ1) is 19.0. The van der Waals surface area contributed by atoms with Gasteiger partial charge in [-0.3, -0.25) is 4.79 Å². The van der Waals surface area contributed by atoms with Crippen LogP contribution < -0.4 is 14.8 Å². The predicted molar refractivity (Wildman–Crippen MR) is 150 cm³/mol. The van der Waals surface area contributed by atoms with E-state index in [1.807, 2.05) is 65.8 Å². The fourth-order valence-electron chi connectivity index (χ4n) is 4.37. The van der Waals surface area contributed by atoms with Gasteiger partial charge in [-0.05, 0) is 42.5 Å². The van der Waals surface area contributed by atoms with Crippen molar-refractivity contribution in [1.82, 2.24) is 10.2 Å². The zero-order valence-corrected chi connectivity index (χ0v) is 23.4. The zero-order valence-electron chi connectivity index (χ0n) is 22.6. The minimum atomic E-state index is -0.583. The Morgan fingerprint density at radius 3 is 2.59 bits per heavy atom. The maximum absolute atomic E-state index is 13.4. The largest absolute Gasteiger partial charge is 0.493 e. The summed E-state index contributed by atoms with van der Waals surface area (Å²) in [4.78, 5) is 32.5. The number of allylic oxidation sites excluding steroid dienone is 1. The molecule has 1 N–H and O–H groups in total. The standard InChI is InChI=1S/C29H33N3O6S/c1-5-30-25(33)16-22-18-39-29-31-19(2)26(28(34)37-14-13-35-3)27(32(22)29)21-11-12-23(24(15-21)36-4)38-17-20-9-7-6-8-10-20/h6-12,15,18,27H,5,13-14,16-17H2,1-4H3,(H,30,33). The van der Waals surface area contributed by atoms with Gasteiger partial charge in [0, 0.05) is 19.4 Å². The molecule has 0 fully saturated rings. The molecule has 2 aromatic carbocycles. The van der Waals surface area contributed by atoms with Gasteiger partial charge in [-0.25, -0.2) is 9.79 Å². The smallest absolute Gasteiger partial charge is 0.338 e. The van der Waals surface area contributed by atoms with Crippen LogP contribution in [0.2, 0.25) is 0 Å². The van der Waals surface area contributed by atoms with Crippen LogP contribution in [0.4, 0.5) is 0 Å². The monoisotopic (exact) mass is 551 g/mol. The van der Waals surface area contributed by atoms with Crippen LogP contribution in [-0.4, -0.2) is 55.9 Å². The number of benzene rings is 2. The molecule has 1 atom stereocenters. The third-order valence-electron chi connectivity index (χ3n) is 6.20. The molecule has 2 aliphatic heterocycles. The average Bonchev–Trinajstić information content (AvgIpc) is 3.33. The SMILES string of the molecule is CCNC(=O)CC1=CSC2=NC(C)=C(C(=O)OCCOC)C(c3ccc(OCc4ccccc4)c(OC)c3)N12. The van der Waals surface area contributed by atoms with Crippen LogP contribution >= 0.6 is 11.8 Å². The van der Waals surface area contributed by atoms with Crippen molar-refractivity contribution >= 4 is 28.8 Å². The van der Waals surface area contributed by atoms with Gasteiger partial charge in [0.15, 0.2) is 16.7 Å². The van der Waals surface area contributed by atoms with E-state index >= 15 is 0 Å². The number of amidine groups is 1. The van der Waals surface area contributed by atoms with Gasteiger partial charge in [0.25, 0.3) is 0 Å². The minimum absolute atomic E-state index is 0.109. The lowest BCUT2D eigenvalue weighted by atomic mass is 9.93. The summed E-state index contributed by atoms with van der Waals surface area (Å²) in [7, 11) is 3.13. The lowest BCUT2D eigenvalue weighted by molar-refractivity contribution is -0.141. The molecule has 206 valence electrons. The molecule has 10 heteroatoms. The first-order valence-corrected chi connectivity index (χ1v) is 13.6. The Kier molecular flexibility index (Phi) is 9.67. The number of aliphatic imine (C=N–C) groups is 1. The summed E-state index contributed by atoms with van der Waals surface area (Å²) in [6.07, 6.45) is 0.150. The van der Waals surface area contributed by atoms with Crippen LogP contribution in [-0.2, 0) is 25.7 Å². The van der Waals surface area contributed by atoms with Crippen LogP contribution in [0.25, 0.3) is 0 Å². The second-order valence-corrected chi connectivity index (χ2v) is 9.67. The maximum Gasteiger partial charge on any atom is 0.338 e. The quantitative estimate of drug-likeness (QED) is 0.303. The van der Waals surface area contributed by atoms with Gasteiger partial charge < -0.3 is 29.2 Å². The number of carbonyl (C=O) groups excluding carboxylic acids is 2. The van der Waals surface area contributed by atoms with Crippen molar-refractivity contribution in [2.75, 3.05) is 34.0 Å². The molecule has 1 amide bonds. The van der Waals surface area contributed by atoms with E-state index in [1.54, 1.807) is 21.1 Å². The van der Waals surface area contributed by atoms with Crippen molar-refractivity contribution in [2.24, 2.45) is 4.99 Å². The normalized spacial score (nSPS) is 16.3. The Bertz CT molecular complexity index is 1290. The maximum atomic E-state index is 13.4. The number of nitrogens with zero attached hydrogens (tertiary/aromatic N) is 2. The Balaban J connectivity index is 1.70. The highest BCUT2D eigenvalue weighted by molar-refractivity contribution is 8.16. The Morgan fingerprint density at radius 1 is 1.08 bits per heavy atom. The summed E-state index contributed by atoms with van der Waals surface area (Å²) in [5.74, 6) is 0.504. The van der Waals surface area contributed by atoms with Gasteiger partial charge in [-0.2, -0.15) is 0 Å². The molecule has 1 unspecified atom stereocenters. The highest BCUT2D eigenvalue weighted by atomic mass is 32.2. The van der Waals surface area contributed by atoms with Crippen molar-refractivity contribution in [2.45, 2.75) is 32.9 Å². The molecule has 2 aliphatic rings. The van der Waals surface area contributed by atoms with Gasteiger partial charge in [0.05, 0.1) is 37.4 Å². The van der Waals surface area contributed by atoms with Crippen molar-refractivity contribution in [3.63, 3.8) is 0 Å². The van der Waals surface area contributed by atoms with Crippen LogP contribution in [0.3, 0.4) is 0 Å². The molecule has 4 rings (SSSR count). The zero-order chi connectivity index (χ0) is 27.8. The lowest BCUT2D eigenvalue weighted by Gasteiger charge is -2.36. The molecule has 0 saturated carbocycles. The predicted octanol–water partition coefficient (Wildman–Crippen LogP) is 4.56. The number of methoxy groups -OCH3 is 2. The summed E-state index contributed by atoms with van der Waals surface area (Å²) in [5.41, 5.74) is 3.49. The number of hydrogen-bond donors (Lipinski definition) is 1. The van der Waals surface area contributed by atoms with Crippen molar-refractivity contribution in [3.05, 3.63) is 82.0 Å². The summed E-state index contributed by atoms with van der Waals surface area (Å²) in [6.45, 7) is 4.97. The fraction of sp³-hybridized carbons (Fsp3) is 0.345. The summed E-state index contributed by atoms with van der Waals surface area (Å²) >= 11 is 1.42. The average molecular weight is 552 g/mol. The van der Waals surface area contributed by atoms with E-state index < -0.39 is 12.0 Å². The fourth-order valence-corrected chi connectivity index (χ4v) is 5.34. The third kappa shape index (κ3) is 6.63. The van der Waals surface area contributed by atoms with Crippen molar-refractivity contribution in [3.8, 4) is 11.5 Å². The topological polar surface area (TPSA) is 98.7 Å². The van der Waals surface area contributed by atoms with Gasteiger partial charge in [0.1, 0.15) is 13.2 Å². The van der Waals surface area contributed by atoms with E-state index in [2.05, 4.69) is 5.32 Å². The molecule has 0 radical (unpaired) electrons. The van der Waals surface area contributed by atoms with E-state index in [0.29, 0.717) is 41.1 Å². The molecule has 0 spiro atoms. The van der Waals surface area contributed by atoms with Crippen molar-refractivity contribution in [1.29, 1.82) is 0 Å². The second-order valence-electron chi connectivity index (χ2n) is 8.84. The van der Waals surface area contributed by atoms with Crippen LogP contribution in [0.1, 0.15) is 37.4 Å². The number of fused-ring (bicyclic) bond motifs is 1. The number of rotatable bonds is 12. The molecular formula is C29H33N3O6S. The lowest BCUT2D eigenvalue weighted by Crippen LogP contribution is -2.38. The van der Waals surface area contributed by atoms with Gasteiger partial charge in [0.2, 0.25) is 5.91 Å². The molecule has 0 aliphatic carbocycles. The van der Waals surface area contributed by atoms with E-state index in [4.69, 9.17) is 23.9 Å². The highest BCUT2D eigenvalue weighted by Crippen LogP contribution is 2.46. The second kappa shape index (κ2) is 13.3. The third-order valence-corrected chi connectivity index (χ3v) is 7.09. The van der Waals surface area contributed by atoms with E-state index in [0.717, 1.165) is 16.8 Å². The molecule has 0 saturated heterocycles. The minimum Gasteiger partial charge on any atom is -0.493 e. The molecule has 2 heterocycles. The Labute approximate surface area is 232 Å². The van der Waals surface area contributed by atoms with Gasteiger partial charge >= 0.3 is 5.97 Å². The number of hydrogen-bond acceptors (Lipinski definition) is 9. The number of carbonyl (C=O) groups is 2. The van der Waals surface area contributed by atoms with E-state index in [9.17, 15) is 9.59 Å². The molecule has 9 nitrogen and oxygen atoms in total. The number of ether oxygens (including phenoxy) is 4. The Hall–Kier alpha value is -3.76. The number of amides is 1. The molecule has 2 aromatic rings. The first kappa shape index (κ1) is 28.3. The van der Waals surface area contributed by atoms with Crippen LogP contribution in [0.15, 0.2) is 75.9 Å². The highest BCUT2D eigenvalue weighted by Gasteiger charge is 2.41. The summed E-state index contributed by atoms with van der Waals surface area (Å²) in [6, 6.07) is 14.9. The number of thioether (sulfide) groups is 1. The van der Waals surface area contributed by atoms with Gasteiger partial charge in [-0.15, -0.1) is 0 Å². The molecule has 39 heavy (non-hydrogen) atoms. The Morgan fingerprint density at radius 2 is 1.87 bits per heavy atom. The van der Waals surface area contributed by atoms with Crippen molar-refractivity contribution < 1.29 is 28.5 Å². The van der Waals surface area contributed by atoms with Gasteiger partial charge in [-0.1, -0.05) is 48.2 Å². The first-order valence-electron chi connectivity index (χ1n) is 12.7. The van der Waals surface area contributed by atoms with E-state index in [-0.39, 0.29) is 25.5 Å². The number of nitrogens with one attached hydrogen (secondary N) is 1. The summed E-state index contributed by atoms with van der Waals surface area (Å²) < 4.78 is 22.3. The van der Waals surface area contributed by atoms with Crippen LogP contribution in [0.5, 0.6) is 11.5 Å². The molecule has 0 aromatic heterocycles.